The number of likely N-dealkylation sites (N-methyl/N-ethyl adjacent to an activating group) is 1. The van der Waals surface area contributed by atoms with Crippen molar-refractivity contribution in [3.8, 4) is 0 Å². The molecule has 0 saturated carbocycles. The van der Waals surface area contributed by atoms with Gasteiger partial charge in [-0.25, -0.2) is 4.39 Å². The summed E-state index contributed by atoms with van der Waals surface area (Å²) >= 11 is 0. The van der Waals surface area contributed by atoms with Crippen LogP contribution in [-0.2, 0) is 14.4 Å². The third-order valence-corrected chi connectivity index (χ3v) is 7.63. The molecule has 35 heavy (non-hydrogen) atoms. The van der Waals surface area contributed by atoms with E-state index in [4.69, 9.17) is 0 Å². The number of carbonyl (C=O) groups is 3. The number of hydrogen-bond acceptors (Lipinski definition) is 6. The second-order valence-corrected chi connectivity index (χ2v) is 9.79. The summed E-state index contributed by atoms with van der Waals surface area (Å²) in [4.78, 5) is 42.4. The number of amides is 2. The number of hydrogen-bond donors (Lipinski definition) is 3. The average Bonchev–Trinajstić information content (AvgIpc) is 3.49. The number of benzene rings is 1. The van der Waals surface area contributed by atoms with Gasteiger partial charge in [0.25, 0.3) is 5.91 Å². The van der Waals surface area contributed by atoms with Crippen LogP contribution in [0.1, 0.15) is 52.0 Å². The maximum absolute atomic E-state index is 13.8. The first kappa shape index (κ1) is 25.1. The first-order chi connectivity index (χ1) is 16.6. The Labute approximate surface area is 205 Å². The molecule has 4 atom stereocenters. The van der Waals surface area contributed by atoms with Crippen LogP contribution >= 0.6 is 0 Å². The summed E-state index contributed by atoms with van der Waals surface area (Å²) in [5.74, 6) is -1.98. The smallest absolute Gasteiger partial charge is 0.251 e. The van der Waals surface area contributed by atoms with Crippen LogP contribution in [0.5, 0.6) is 0 Å². The summed E-state index contributed by atoms with van der Waals surface area (Å²) in [5.41, 5.74) is 1.84. The van der Waals surface area contributed by atoms with Gasteiger partial charge in [0.2, 0.25) is 5.91 Å². The van der Waals surface area contributed by atoms with Gasteiger partial charge in [0, 0.05) is 28.6 Å². The van der Waals surface area contributed by atoms with Crippen LogP contribution in [0.3, 0.4) is 0 Å². The molecule has 4 rings (SSSR count). The number of likely N-dealkylation sites (tertiary alicyclic amines) is 1. The Morgan fingerprint density at radius 2 is 2.11 bits per heavy atom. The fraction of sp³-hybridized carbons (Fsp3) is 0.500. The molecule has 1 aromatic carbocycles. The Hall–Kier alpha value is -3.04. The Morgan fingerprint density at radius 1 is 1.37 bits per heavy atom. The molecule has 1 fully saturated rings. The van der Waals surface area contributed by atoms with E-state index in [0.717, 1.165) is 32.2 Å². The zero-order valence-electron chi connectivity index (χ0n) is 20.9. The van der Waals surface area contributed by atoms with Crippen molar-refractivity contribution in [2.24, 2.45) is 5.92 Å². The lowest BCUT2D eigenvalue weighted by Gasteiger charge is -2.42. The van der Waals surface area contributed by atoms with Crippen molar-refractivity contribution in [2.45, 2.75) is 58.3 Å². The number of carbonyl (C=O) groups excluding carboxylic acids is 3. The van der Waals surface area contributed by atoms with Crippen LogP contribution < -0.4 is 16.0 Å². The fourth-order valence-corrected chi connectivity index (χ4v) is 5.45. The molecule has 3 heterocycles. The van der Waals surface area contributed by atoms with E-state index in [-0.39, 0.29) is 23.9 Å². The van der Waals surface area contributed by atoms with Crippen LogP contribution in [0.15, 0.2) is 41.2 Å². The molecule has 188 valence electrons. The molecule has 0 radical (unpaired) electrons. The Balaban J connectivity index is 1.53. The minimum Gasteiger partial charge on any atom is -0.362 e. The number of aldehydes is 1. The lowest BCUT2D eigenvalue weighted by Crippen LogP contribution is -2.63. The summed E-state index contributed by atoms with van der Waals surface area (Å²) in [6.45, 7) is 9.33. The van der Waals surface area contributed by atoms with Gasteiger partial charge in [-0.3, -0.25) is 24.2 Å². The van der Waals surface area contributed by atoms with Crippen molar-refractivity contribution in [3.63, 3.8) is 0 Å². The number of rotatable bonds is 7. The largest absolute Gasteiger partial charge is 0.362 e. The molecule has 0 bridgehead atoms. The Morgan fingerprint density at radius 3 is 2.80 bits per heavy atom. The normalized spacial score (nSPS) is 27.1. The van der Waals surface area contributed by atoms with E-state index >= 15 is 0 Å². The summed E-state index contributed by atoms with van der Waals surface area (Å²) in [6.07, 6.45) is 4.58. The highest BCUT2D eigenvalue weighted by Gasteiger charge is 2.41. The molecule has 0 aliphatic carbocycles. The van der Waals surface area contributed by atoms with Crippen LogP contribution in [-0.4, -0.2) is 59.9 Å². The van der Waals surface area contributed by atoms with Crippen molar-refractivity contribution in [2.75, 3.05) is 25.5 Å². The van der Waals surface area contributed by atoms with Crippen LogP contribution in [0.25, 0.3) is 0 Å². The van der Waals surface area contributed by atoms with Gasteiger partial charge in [0.15, 0.2) is 6.29 Å². The van der Waals surface area contributed by atoms with E-state index in [0.29, 0.717) is 28.2 Å². The van der Waals surface area contributed by atoms with Gasteiger partial charge in [-0.1, -0.05) is 13.8 Å². The molecule has 0 spiro atoms. The number of anilines is 1. The van der Waals surface area contributed by atoms with Gasteiger partial charge < -0.3 is 16.0 Å². The molecule has 1 saturated heterocycles. The zero-order valence-corrected chi connectivity index (χ0v) is 20.9. The van der Waals surface area contributed by atoms with Gasteiger partial charge in [-0.2, -0.15) is 0 Å². The second kappa shape index (κ2) is 9.54. The first-order valence-electron chi connectivity index (χ1n) is 12.1. The molecule has 4 unspecified atom stereocenters. The number of halogens is 1. The molecular weight excluding hydrogens is 449 g/mol. The van der Waals surface area contributed by atoms with E-state index in [1.807, 2.05) is 18.9 Å². The van der Waals surface area contributed by atoms with Crippen LogP contribution in [0.4, 0.5) is 10.1 Å². The highest BCUT2D eigenvalue weighted by molar-refractivity contribution is 6.04. The lowest BCUT2D eigenvalue weighted by molar-refractivity contribution is -0.132. The number of nitrogens with zero attached hydrogens (tertiary/aromatic N) is 2. The molecule has 8 nitrogen and oxygen atoms in total. The van der Waals surface area contributed by atoms with Crippen molar-refractivity contribution in [1.82, 2.24) is 20.4 Å². The predicted octanol–water partition coefficient (Wildman–Crippen LogP) is 2.66. The van der Waals surface area contributed by atoms with Crippen LogP contribution in [0.2, 0.25) is 0 Å². The Bertz CT molecular complexity index is 1120. The third-order valence-electron chi connectivity index (χ3n) is 7.63. The second-order valence-electron chi connectivity index (χ2n) is 9.79. The molecule has 0 aromatic heterocycles. The predicted molar refractivity (Wildman–Crippen MR) is 131 cm³/mol. The zero-order chi connectivity index (χ0) is 25.5. The summed E-state index contributed by atoms with van der Waals surface area (Å²) in [7, 11) is 1.87. The molecular formula is C26H34FN5O3. The van der Waals surface area contributed by atoms with Crippen molar-refractivity contribution >= 4 is 23.8 Å². The van der Waals surface area contributed by atoms with Gasteiger partial charge in [-0.05, 0) is 76.7 Å². The fourth-order valence-electron chi connectivity index (χ4n) is 5.45. The van der Waals surface area contributed by atoms with Gasteiger partial charge in [0.1, 0.15) is 11.5 Å². The Kier molecular flexibility index (Phi) is 6.83. The molecule has 3 aliphatic rings. The molecule has 3 N–H and O–H groups in total. The maximum atomic E-state index is 13.8. The van der Waals surface area contributed by atoms with E-state index in [9.17, 15) is 18.8 Å². The topological polar surface area (TPSA) is 93.8 Å². The molecule has 1 aromatic rings. The quantitative estimate of drug-likeness (QED) is 0.408. The van der Waals surface area contributed by atoms with Gasteiger partial charge >= 0.3 is 0 Å². The third kappa shape index (κ3) is 4.50. The van der Waals surface area contributed by atoms with E-state index < -0.39 is 17.4 Å². The van der Waals surface area contributed by atoms with Crippen LogP contribution in [0, 0.1) is 11.7 Å². The molecule has 9 heteroatoms. The maximum Gasteiger partial charge on any atom is 0.251 e. The van der Waals surface area contributed by atoms with E-state index in [1.54, 1.807) is 26.0 Å². The molecule has 3 aliphatic heterocycles. The average molecular weight is 484 g/mol. The minimum absolute atomic E-state index is 0.0708. The van der Waals surface area contributed by atoms with Gasteiger partial charge in [0.05, 0.1) is 12.1 Å². The standard InChI is InChI=1S/C26H34FN5O3/c1-6-32-11-7-8-22(32)31(5)26(4,14-33)30-25(35)23-15(2)21(28-16(23)3)13-19-18-12-17(27)9-10-20(18)29-24(19)34/h9-10,12-15,19,22,28H,6-8,11H2,1-5H3,(H,29,34)(H,30,35). The number of allylic oxidation sites excluding steroid dienone is 2. The van der Waals surface area contributed by atoms with Crippen molar-refractivity contribution in [3.05, 3.63) is 52.6 Å². The molecule has 2 amide bonds. The van der Waals surface area contributed by atoms with Crippen molar-refractivity contribution < 1.29 is 18.8 Å². The SMILES string of the molecule is CCN1CCCC1N(C)C(C)(C=O)NC(=O)C1=C(C)NC(=CC2C(=O)Nc3ccc(F)cc32)C1C. The van der Waals surface area contributed by atoms with E-state index in [2.05, 4.69) is 27.8 Å². The minimum atomic E-state index is -1.18. The number of fused-ring (bicyclic) bond motifs is 1. The summed E-state index contributed by atoms with van der Waals surface area (Å²) in [5, 5.41) is 8.95. The van der Waals surface area contributed by atoms with E-state index in [1.165, 1.54) is 12.1 Å². The monoisotopic (exact) mass is 483 g/mol. The lowest BCUT2D eigenvalue weighted by atomic mass is 9.93. The van der Waals surface area contributed by atoms with Crippen molar-refractivity contribution in [1.29, 1.82) is 0 Å². The summed E-state index contributed by atoms with van der Waals surface area (Å²) < 4.78 is 13.8. The highest BCUT2D eigenvalue weighted by Crippen LogP contribution is 2.37. The highest BCUT2D eigenvalue weighted by atomic mass is 19.1. The van der Waals surface area contributed by atoms with Gasteiger partial charge in [-0.15, -0.1) is 0 Å². The number of nitrogens with one attached hydrogen (secondary N) is 3. The first-order valence-corrected chi connectivity index (χ1v) is 12.1. The summed E-state index contributed by atoms with van der Waals surface area (Å²) in [6, 6.07) is 4.22.